The quantitative estimate of drug-likeness (QED) is 0.689. The predicted molar refractivity (Wildman–Crippen MR) is 47.1 cm³/mol. The van der Waals surface area contributed by atoms with Crippen molar-refractivity contribution in [3.05, 3.63) is 48.7 Å². The Balaban J connectivity index is 2.67. The summed E-state index contributed by atoms with van der Waals surface area (Å²) in [6.07, 6.45) is 0. The first-order valence-corrected chi connectivity index (χ1v) is 3.73. The largest absolute Gasteiger partial charge is 0.384 e. The minimum absolute atomic E-state index is 0.591. The lowest BCUT2D eigenvalue weighted by Crippen LogP contribution is -1.86. The first-order chi connectivity index (χ1) is 5.90. The highest BCUT2D eigenvalue weighted by Gasteiger charge is 1.95. The zero-order valence-electron chi connectivity index (χ0n) is 6.44. The van der Waals surface area contributed by atoms with Gasteiger partial charge in [-0.1, -0.05) is 24.3 Å². The van der Waals surface area contributed by atoms with Gasteiger partial charge in [-0.15, -0.1) is 0 Å². The van der Waals surface area contributed by atoms with Crippen LogP contribution in [0.5, 0.6) is 0 Å². The van der Waals surface area contributed by atoms with Crippen molar-refractivity contribution in [3.8, 4) is 0 Å². The Kier molecular flexibility index (Phi) is 1.76. The molecule has 2 nitrogen and oxygen atoms in total. The molecular weight excluding hydrogens is 150 g/mol. The number of aliphatic hydroxyl groups is 1. The van der Waals surface area contributed by atoms with Crippen molar-refractivity contribution in [3.63, 3.8) is 0 Å². The topological polar surface area (TPSA) is 33.1 Å². The van der Waals surface area contributed by atoms with Crippen molar-refractivity contribution in [1.29, 1.82) is 0 Å². The maximum Gasteiger partial charge on any atom is 0.127 e. The third-order valence-electron chi connectivity index (χ3n) is 1.75. The van der Waals surface area contributed by atoms with E-state index >= 15 is 0 Å². The Bertz CT molecular complexity index is 398. The molecule has 0 unspecified atom stereocenters. The van der Waals surface area contributed by atoms with E-state index in [0.717, 1.165) is 17.5 Å². The molecule has 0 saturated carbocycles. The van der Waals surface area contributed by atoms with Gasteiger partial charge in [0, 0.05) is 5.39 Å². The van der Waals surface area contributed by atoms with Crippen LogP contribution in [0.3, 0.4) is 0 Å². The van der Waals surface area contributed by atoms with Gasteiger partial charge in [0.1, 0.15) is 6.61 Å². The highest BCUT2D eigenvalue weighted by molar-refractivity contribution is 5.78. The van der Waals surface area contributed by atoms with Crippen molar-refractivity contribution in [2.24, 2.45) is 0 Å². The van der Waals surface area contributed by atoms with E-state index in [1.807, 2.05) is 30.3 Å². The first-order valence-electron chi connectivity index (χ1n) is 3.73. The Morgan fingerprint density at radius 3 is 2.75 bits per heavy atom. The zero-order chi connectivity index (χ0) is 8.39. The van der Waals surface area contributed by atoms with E-state index in [0.29, 0.717) is 5.69 Å². The molecule has 0 bridgehead atoms. The molecule has 2 heteroatoms. The van der Waals surface area contributed by atoms with Crippen molar-refractivity contribution in [2.75, 3.05) is 0 Å². The van der Waals surface area contributed by atoms with Crippen LogP contribution in [-0.4, -0.2) is 10.1 Å². The maximum absolute atomic E-state index is 8.71. The van der Waals surface area contributed by atoms with Crippen LogP contribution in [0.4, 0.5) is 0 Å². The highest BCUT2D eigenvalue weighted by atomic mass is 16.3. The minimum Gasteiger partial charge on any atom is -0.384 e. The van der Waals surface area contributed by atoms with Crippen LogP contribution in [-0.2, 0) is 0 Å². The van der Waals surface area contributed by atoms with Gasteiger partial charge in [-0.2, -0.15) is 0 Å². The Morgan fingerprint density at radius 1 is 1.08 bits per heavy atom. The van der Waals surface area contributed by atoms with Gasteiger partial charge >= 0.3 is 0 Å². The van der Waals surface area contributed by atoms with Crippen LogP contribution in [0.15, 0.2) is 36.4 Å². The maximum atomic E-state index is 8.71. The molecule has 0 aliphatic carbocycles. The molecule has 1 aromatic heterocycles. The van der Waals surface area contributed by atoms with E-state index in [9.17, 15) is 0 Å². The monoisotopic (exact) mass is 158 g/mol. The van der Waals surface area contributed by atoms with Crippen molar-refractivity contribution < 1.29 is 5.11 Å². The average Bonchev–Trinajstić information content (AvgIpc) is 2.17. The molecule has 0 spiro atoms. The molecule has 1 radical (unpaired) electrons. The third-order valence-corrected chi connectivity index (χ3v) is 1.75. The number of para-hydroxylation sites is 1. The second-order valence-electron chi connectivity index (χ2n) is 2.56. The van der Waals surface area contributed by atoms with Crippen molar-refractivity contribution in [2.45, 2.75) is 0 Å². The van der Waals surface area contributed by atoms with E-state index < -0.39 is 0 Å². The summed E-state index contributed by atoms with van der Waals surface area (Å²) in [6, 6.07) is 11.5. The molecule has 0 fully saturated rings. The standard InChI is InChI=1S/C10H8NO/c12-7-9-6-5-8-3-1-2-4-10(8)11-9/h1-7,12H. The fourth-order valence-corrected chi connectivity index (χ4v) is 1.15. The molecule has 1 heterocycles. The Morgan fingerprint density at radius 2 is 1.92 bits per heavy atom. The van der Waals surface area contributed by atoms with Gasteiger partial charge in [0.25, 0.3) is 0 Å². The number of aromatic nitrogens is 1. The molecule has 0 saturated heterocycles. The summed E-state index contributed by atoms with van der Waals surface area (Å²) in [5.41, 5.74) is 1.49. The predicted octanol–water partition coefficient (Wildman–Crippen LogP) is 2.12. The molecule has 59 valence electrons. The lowest BCUT2D eigenvalue weighted by atomic mass is 10.2. The fourth-order valence-electron chi connectivity index (χ4n) is 1.15. The van der Waals surface area contributed by atoms with Crippen LogP contribution in [0.1, 0.15) is 5.69 Å². The molecule has 2 aromatic rings. The summed E-state index contributed by atoms with van der Waals surface area (Å²) in [6.45, 7) is 1.01. The van der Waals surface area contributed by atoms with Crippen LogP contribution in [0.25, 0.3) is 10.9 Å². The minimum atomic E-state index is 0.591. The molecule has 0 aliphatic rings. The molecule has 2 rings (SSSR count). The molecule has 0 aliphatic heterocycles. The average molecular weight is 158 g/mol. The molecular formula is C10H8NO. The summed E-state index contributed by atoms with van der Waals surface area (Å²) in [5.74, 6) is 0. The molecule has 1 N–H and O–H groups in total. The van der Waals surface area contributed by atoms with Gasteiger partial charge in [0.2, 0.25) is 0 Å². The van der Waals surface area contributed by atoms with E-state index in [2.05, 4.69) is 4.98 Å². The second kappa shape index (κ2) is 2.91. The van der Waals surface area contributed by atoms with Crippen LogP contribution >= 0.6 is 0 Å². The number of aliphatic hydroxyl groups excluding tert-OH is 1. The number of benzene rings is 1. The van der Waals surface area contributed by atoms with E-state index in [1.165, 1.54) is 0 Å². The first kappa shape index (κ1) is 7.25. The molecule has 0 amide bonds. The Hall–Kier alpha value is -1.41. The Labute approximate surface area is 70.5 Å². The number of rotatable bonds is 1. The van der Waals surface area contributed by atoms with Gasteiger partial charge in [-0.3, -0.25) is 0 Å². The van der Waals surface area contributed by atoms with Crippen molar-refractivity contribution >= 4 is 10.9 Å². The summed E-state index contributed by atoms with van der Waals surface area (Å²) in [5, 5.41) is 9.80. The van der Waals surface area contributed by atoms with Gasteiger partial charge in [-0.05, 0) is 12.1 Å². The number of hydrogen-bond donors (Lipinski definition) is 1. The van der Waals surface area contributed by atoms with Gasteiger partial charge in [0.15, 0.2) is 0 Å². The lowest BCUT2D eigenvalue weighted by molar-refractivity contribution is 0.411. The normalized spacial score (nSPS) is 10.4. The van der Waals surface area contributed by atoms with Gasteiger partial charge in [-0.25, -0.2) is 4.98 Å². The van der Waals surface area contributed by atoms with Gasteiger partial charge < -0.3 is 5.11 Å². The zero-order valence-corrected chi connectivity index (χ0v) is 6.44. The van der Waals surface area contributed by atoms with Crippen LogP contribution in [0.2, 0.25) is 0 Å². The smallest absolute Gasteiger partial charge is 0.127 e. The SMILES string of the molecule is O[CH]c1ccc2ccccc2n1. The second-order valence-corrected chi connectivity index (χ2v) is 2.56. The summed E-state index contributed by atoms with van der Waals surface area (Å²) in [7, 11) is 0. The lowest BCUT2D eigenvalue weighted by Gasteiger charge is -1.97. The van der Waals surface area contributed by atoms with Crippen molar-refractivity contribution in [1.82, 2.24) is 4.98 Å². The van der Waals surface area contributed by atoms with Crippen LogP contribution in [0, 0.1) is 6.61 Å². The number of fused-ring (bicyclic) bond motifs is 1. The number of pyridine rings is 1. The van der Waals surface area contributed by atoms with E-state index in [1.54, 1.807) is 6.07 Å². The number of hydrogen-bond acceptors (Lipinski definition) is 2. The third kappa shape index (κ3) is 1.17. The van der Waals surface area contributed by atoms with Gasteiger partial charge in [0.05, 0.1) is 11.2 Å². The molecule has 0 atom stereocenters. The molecule has 1 aromatic carbocycles. The summed E-state index contributed by atoms with van der Waals surface area (Å²) in [4.78, 5) is 4.19. The van der Waals surface area contributed by atoms with E-state index in [-0.39, 0.29) is 0 Å². The summed E-state index contributed by atoms with van der Waals surface area (Å²) < 4.78 is 0. The molecule has 12 heavy (non-hydrogen) atoms. The summed E-state index contributed by atoms with van der Waals surface area (Å²) >= 11 is 0. The highest BCUT2D eigenvalue weighted by Crippen LogP contribution is 2.11. The van der Waals surface area contributed by atoms with Crippen LogP contribution < -0.4 is 0 Å². The number of nitrogens with zero attached hydrogens (tertiary/aromatic N) is 1. The fraction of sp³-hybridized carbons (Fsp3) is 0. The van der Waals surface area contributed by atoms with E-state index in [4.69, 9.17) is 5.11 Å².